The minimum absolute atomic E-state index is 0.0451. The van der Waals surface area contributed by atoms with Gasteiger partial charge in [0.15, 0.2) is 4.77 Å². The largest absolute Gasteiger partial charge is 0.350 e. The van der Waals surface area contributed by atoms with Crippen LogP contribution >= 0.6 is 12.2 Å². The van der Waals surface area contributed by atoms with Crippen molar-refractivity contribution < 1.29 is 4.79 Å². The molecule has 1 amide bonds. The van der Waals surface area contributed by atoms with Gasteiger partial charge >= 0.3 is 0 Å². The van der Waals surface area contributed by atoms with Gasteiger partial charge in [0.2, 0.25) is 5.91 Å². The Morgan fingerprint density at radius 3 is 2.89 bits per heavy atom. The van der Waals surface area contributed by atoms with Crippen molar-refractivity contribution in [3.8, 4) is 0 Å². The first-order valence-corrected chi connectivity index (χ1v) is 10.7. The summed E-state index contributed by atoms with van der Waals surface area (Å²) in [4.78, 5) is 15.0. The number of amides is 1. The summed E-state index contributed by atoms with van der Waals surface area (Å²) >= 11 is 5.26. The van der Waals surface area contributed by atoms with E-state index in [1.165, 1.54) is 24.0 Å². The average Bonchev–Trinajstić information content (AvgIpc) is 3.01. The van der Waals surface area contributed by atoms with Crippen molar-refractivity contribution in [3.63, 3.8) is 0 Å². The van der Waals surface area contributed by atoms with Gasteiger partial charge in [-0.25, -0.2) is 0 Å². The van der Waals surface area contributed by atoms with Gasteiger partial charge in [-0.05, 0) is 55.1 Å². The molecular weight excluding hydrogens is 370 g/mol. The SMILES string of the molecule is CCCc1n[nH]c(=S)n1CC(=O)NCc1ccccc1CN1CCC[C@H](C)C1. The second-order valence-electron chi connectivity index (χ2n) is 7.81. The first-order valence-electron chi connectivity index (χ1n) is 10.3. The van der Waals surface area contributed by atoms with E-state index in [2.05, 4.69) is 52.5 Å². The molecule has 1 fully saturated rings. The van der Waals surface area contributed by atoms with Gasteiger partial charge in [-0.2, -0.15) is 5.10 Å². The molecule has 3 rings (SSSR count). The summed E-state index contributed by atoms with van der Waals surface area (Å²) < 4.78 is 2.29. The Labute approximate surface area is 172 Å². The third-order valence-electron chi connectivity index (χ3n) is 5.34. The number of nitrogens with one attached hydrogen (secondary N) is 2. The highest BCUT2D eigenvalue weighted by molar-refractivity contribution is 7.71. The number of benzene rings is 1. The Kier molecular flexibility index (Phi) is 7.39. The molecule has 1 atom stereocenters. The average molecular weight is 402 g/mol. The number of carbonyl (C=O) groups is 1. The van der Waals surface area contributed by atoms with Crippen molar-refractivity contribution >= 4 is 18.1 Å². The van der Waals surface area contributed by atoms with E-state index in [1.807, 2.05) is 6.07 Å². The molecule has 0 aliphatic carbocycles. The smallest absolute Gasteiger partial charge is 0.240 e. The van der Waals surface area contributed by atoms with Crippen LogP contribution in [0.15, 0.2) is 24.3 Å². The maximum absolute atomic E-state index is 12.5. The van der Waals surface area contributed by atoms with Crippen molar-refractivity contribution in [1.82, 2.24) is 25.0 Å². The molecule has 0 radical (unpaired) electrons. The second-order valence-corrected chi connectivity index (χ2v) is 8.20. The quantitative estimate of drug-likeness (QED) is 0.665. The molecule has 0 bridgehead atoms. The number of H-pyrrole nitrogens is 1. The molecule has 1 saturated heterocycles. The van der Waals surface area contributed by atoms with Gasteiger partial charge < -0.3 is 5.32 Å². The lowest BCUT2D eigenvalue weighted by molar-refractivity contribution is -0.121. The van der Waals surface area contributed by atoms with Gasteiger partial charge in [-0.1, -0.05) is 38.1 Å². The van der Waals surface area contributed by atoms with E-state index in [4.69, 9.17) is 12.2 Å². The van der Waals surface area contributed by atoms with Gasteiger partial charge in [0.05, 0.1) is 0 Å². The molecule has 2 heterocycles. The van der Waals surface area contributed by atoms with E-state index >= 15 is 0 Å². The maximum atomic E-state index is 12.5. The van der Waals surface area contributed by atoms with Crippen LogP contribution in [0.25, 0.3) is 0 Å². The predicted molar refractivity (Wildman–Crippen MR) is 113 cm³/mol. The number of hydrogen-bond donors (Lipinski definition) is 2. The van der Waals surface area contributed by atoms with Crippen molar-refractivity contribution in [2.24, 2.45) is 5.92 Å². The third kappa shape index (κ3) is 5.52. The van der Waals surface area contributed by atoms with E-state index in [9.17, 15) is 4.79 Å². The van der Waals surface area contributed by atoms with Crippen LogP contribution in [0, 0.1) is 10.7 Å². The Morgan fingerprint density at radius 2 is 2.14 bits per heavy atom. The summed E-state index contributed by atoms with van der Waals surface area (Å²) in [6, 6.07) is 8.40. The van der Waals surface area contributed by atoms with Crippen LogP contribution in [0.2, 0.25) is 0 Å². The number of carbonyl (C=O) groups excluding carboxylic acids is 1. The predicted octanol–water partition coefficient (Wildman–Crippen LogP) is 3.44. The van der Waals surface area contributed by atoms with Crippen molar-refractivity contribution in [2.45, 2.75) is 59.2 Å². The number of likely N-dealkylation sites (tertiary alicyclic amines) is 1. The zero-order valence-electron chi connectivity index (χ0n) is 16.9. The van der Waals surface area contributed by atoms with Gasteiger partial charge in [-0.3, -0.25) is 19.4 Å². The molecular formula is C21H31N5OS. The normalized spacial score (nSPS) is 17.6. The van der Waals surface area contributed by atoms with E-state index in [1.54, 1.807) is 4.57 Å². The van der Waals surface area contributed by atoms with Crippen molar-refractivity contribution in [2.75, 3.05) is 13.1 Å². The summed E-state index contributed by atoms with van der Waals surface area (Å²) in [5, 5.41) is 10.1. The van der Waals surface area contributed by atoms with Crippen LogP contribution in [0.1, 0.15) is 50.1 Å². The molecule has 1 aliphatic rings. The lowest BCUT2D eigenvalue weighted by Crippen LogP contribution is -2.34. The Hall–Kier alpha value is -1.99. The van der Waals surface area contributed by atoms with Crippen LogP contribution in [0.3, 0.4) is 0 Å². The fourth-order valence-corrected chi connectivity index (χ4v) is 4.09. The summed E-state index contributed by atoms with van der Waals surface area (Å²) in [5.74, 6) is 1.55. The second kappa shape index (κ2) is 9.98. The molecule has 1 aromatic heterocycles. The highest BCUT2D eigenvalue weighted by Crippen LogP contribution is 2.19. The van der Waals surface area contributed by atoms with Crippen LogP contribution in [0.5, 0.6) is 0 Å². The minimum atomic E-state index is -0.0451. The highest BCUT2D eigenvalue weighted by atomic mass is 32.1. The summed E-state index contributed by atoms with van der Waals surface area (Å²) in [5.41, 5.74) is 2.47. The summed E-state index contributed by atoms with van der Waals surface area (Å²) in [7, 11) is 0. The molecule has 0 unspecified atom stereocenters. The van der Waals surface area contributed by atoms with Crippen LogP contribution < -0.4 is 5.32 Å². The minimum Gasteiger partial charge on any atom is -0.350 e. The van der Waals surface area contributed by atoms with Crippen LogP contribution in [0.4, 0.5) is 0 Å². The van der Waals surface area contributed by atoms with E-state index in [-0.39, 0.29) is 12.5 Å². The topological polar surface area (TPSA) is 66.0 Å². The molecule has 6 nitrogen and oxygen atoms in total. The Balaban J connectivity index is 1.59. The van der Waals surface area contributed by atoms with Crippen LogP contribution in [-0.2, 0) is 30.8 Å². The first kappa shape index (κ1) is 20.7. The molecule has 0 spiro atoms. The van der Waals surface area contributed by atoms with E-state index in [0.717, 1.165) is 44.2 Å². The van der Waals surface area contributed by atoms with Gasteiger partial charge in [-0.15, -0.1) is 0 Å². The zero-order chi connectivity index (χ0) is 19.9. The monoisotopic (exact) mass is 401 g/mol. The fourth-order valence-electron chi connectivity index (χ4n) is 3.88. The fraction of sp³-hybridized carbons (Fsp3) is 0.571. The molecule has 1 aromatic carbocycles. The first-order chi connectivity index (χ1) is 13.6. The molecule has 1 aliphatic heterocycles. The summed E-state index contributed by atoms with van der Waals surface area (Å²) in [6.07, 6.45) is 4.36. The number of nitrogens with zero attached hydrogens (tertiary/aromatic N) is 3. The summed E-state index contributed by atoms with van der Waals surface area (Å²) in [6.45, 7) is 8.41. The number of aromatic nitrogens is 3. The standard InChI is InChI=1S/C21H31N5OS/c1-3-7-19-23-24-21(28)26(19)15-20(27)22-12-17-9-4-5-10-18(17)14-25-11-6-8-16(2)13-25/h4-5,9-10,16H,3,6-8,11-15H2,1-2H3,(H,22,27)(H,24,28)/t16-/m0/s1. The number of rotatable bonds is 8. The van der Waals surface area contributed by atoms with Crippen molar-refractivity contribution in [3.05, 3.63) is 46.0 Å². The lowest BCUT2D eigenvalue weighted by Gasteiger charge is -2.31. The number of piperidine rings is 1. The Bertz CT molecular complexity index is 843. The molecule has 152 valence electrons. The van der Waals surface area contributed by atoms with Gasteiger partial charge in [0.25, 0.3) is 0 Å². The third-order valence-corrected chi connectivity index (χ3v) is 5.65. The number of aryl methyl sites for hydroxylation is 1. The number of aromatic amines is 1. The van der Waals surface area contributed by atoms with E-state index < -0.39 is 0 Å². The van der Waals surface area contributed by atoms with Gasteiger partial charge in [0, 0.05) is 26.1 Å². The van der Waals surface area contributed by atoms with E-state index in [0.29, 0.717) is 11.3 Å². The zero-order valence-corrected chi connectivity index (χ0v) is 17.7. The molecule has 7 heteroatoms. The van der Waals surface area contributed by atoms with Crippen molar-refractivity contribution in [1.29, 1.82) is 0 Å². The number of hydrogen-bond acceptors (Lipinski definition) is 4. The highest BCUT2D eigenvalue weighted by Gasteiger charge is 2.17. The molecule has 2 aromatic rings. The lowest BCUT2D eigenvalue weighted by atomic mass is 9.99. The molecule has 0 saturated carbocycles. The molecule has 28 heavy (non-hydrogen) atoms. The Morgan fingerprint density at radius 1 is 1.36 bits per heavy atom. The maximum Gasteiger partial charge on any atom is 0.240 e. The van der Waals surface area contributed by atoms with Gasteiger partial charge in [0.1, 0.15) is 12.4 Å². The molecule has 2 N–H and O–H groups in total. The van der Waals surface area contributed by atoms with Crippen LogP contribution in [-0.4, -0.2) is 38.7 Å².